The molecule has 0 fully saturated rings. The standard InChI is InChI=1S/C16H29N2O/c1-6-17(2)11-8-12-18(3,4)14-15-9-7-10-16(13-15)19-5/h7,9-10,13H,6,8,11-12,14H2,1-5H3/q+1. The van der Waals surface area contributed by atoms with Crippen LogP contribution >= 0.6 is 0 Å². The van der Waals surface area contributed by atoms with Crippen LogP contribution < -0.4 is 4.74 Å². The number of hydrogen-bond acceptors (Lipinski definition) is 2. The molecule has 1 aromatic rings. The highest BCUT2D eigenvalue weighted by Gasteiger charge is 2.16. The summed E-state index contributed by atoms with van der Waals surface area (Å²) in [6.45, 7) is 6.75. The molecule has 0 aromatic heterocycles. The molecule has 0 spiro atoms. The van der Waals surface area contributed by atoms with Gasteiger partial charge in [0.15, 0.2) is 0 Å². The second kappa shape index (κ2) is 7.51. The summed E-state index contributed by atoms with van der Waals surface area (Å²) in [5.74, 6) is 0.947. The fourth-order valence-corrected chi connectivity index (χ4v) is 2.27. The van der Waals surface area contributed by atoms with E-state index in [1.807, 2.05) is 6.07 Å². The second-order valence-corrected chi connectivity index (χ2v) is 5.92. The van der Waals surface area contributed by atoms with Crippen molar-refractivity contribution in [2.45, 2.75) is 19.9 Å². The van der Waals surface area contributed by atoms with Gasteiger partial charge < -0.3 is 14.1 Å². The zero-order valence-electron chi connectivity index (χ0n) is 13.1. The van der Waals surface area contributed by atoms with E-state index in [4.69, 9.17) is 4.74 Å². The molecule has 108 valence electrons. The molecular formula is C16H29N2O+. The predicted molar refractivity (Wildman–Crippen MR) is 81.5 cm³/mol. The maximum Gasteiger partial charge on any atom is 0.119 e. The van der Waals surface area contributed by atoms with Crippen LogP contribution in [-0.4, -0.2) is 57.3 Å². The summed E-state index contributed by atoms with van der Waals surface area (Å²) in [5, 5.41) is 0. The lowest BCUT2D eigenvalue weighted by Crippen LogP contribution is -2.40. The topological polar surface area (TPSA) is 12.5 Å². The van der Waals surface area contributed by atoms with E-state index in [0.29, 0.717) is 0 Å². The van der Waals surface area contributed by atoms with E-state index >= 15 is 0 Å². The number of rotatable bonds is 8. The minimum atomic E-state index is 0.947. The van der Waals surface area contributed by atoms with Crippen LogP contribution in [0.3, 0.4) is 0 Å². The summed E-state index contributed by atoms with van der Waals surface area (Å²) in [6, 6.07) is 8.39. The van der Waals surface area contributed by atoms with Crippen LogP contribution in [0, 0.1) is 0 Å². The van der Waals surface area contributed by atoms with Crippen molar-refractivity contribution in [1.82, 2.24) is 4.90 Å². The Bertz CT molecular complexity index is 377. The molecule has 0 heterocycles. The SMILES string of the molecule is CCN(C)CCC[N+](C)(C)Cc1cccc(OC)c1. The van der Waals surface area contributed by atoms with Crippen LogP contribution in [0.15, 0.2) is 24.3 Å². The number of methoxy groups -OCH3 is 1. The summed E-state index contributed by atoms with van der Waals surface area (Å²) in [5.41, 5.74) is 1.34. The van der Waals surface area contributed by atoms with Crippen molar-refractivity contribution >= 4 is 0 Å². The number of nitrogens with zero attached hydrogens (tertiary/aromatic N) is 2. The van der Waals surface area contributed by atoms with Crippen LogP contribution in [-0.2, 0) is 6.54 Å². The molecule has 0 bridgehead atoms. The van der Waals surface area contributed by atoms with E-state index in [2.05, 4.69) is 51.2 Å². The van der Waals surface area contributed by atoms with Crippen molar-refractivity contribution in [1.29, 1.82) is 0 Å². The van der Waals surface area contributed by atoms with Crippen molar-refractivity contribution < 1.29 is 9.22 Å². The molecule has 0 aliphatic rings. The Labute approximate surface area is 118 Å². The molecule has 0 unspecified atom stereocenters. The third-order valence-electron chi connectivity index (χ3n) is 3.59. The van der Waals surface area contributed by atoms with E-state index in [0.717, 1.165) is 23.3 Å². The van der Waals surface area contributed by atoms with Crippen LogP contribution in [0.25, 0.3) is 0 Å². The zero-order chi connectivity index (χ0) is 14.3. The molecule has 0 atom stereocenters. The first-order chi connectivity index (χ1) is 8.96. The highest BCUT2D eigenvalue weighted by atomic mass is 16.5. The summed E-state index contributed by atoms with van der Waals surface area (Å²) < 4.78 is 6.30. The molecule has 0 aliphatic heterocycles. The fourth-order valence-electron chi connectivity index (χ4n) is 2.27. The third kappa shape index (κ3) is 6.08. The summed E-state index contributed by atoms with van der Waals surface area (Å²) in [6.07, 6.45) is 1.24. The average Bonchev–Trinajstić information content (AvgIpc) is 2.37. The van der Waals surface area contributed by atoms with Gasteiger partial charge in [0, 0.05) is 18.5 Å². The molecule has 0 amide bonds. The maximum absolute atomic E-state index is 5.28. The normalized spacial score (nSPS) is 11.9. The van der Waals surface area contributed by atoms with Crippen LogP contribution in [0.1, 0.15) is 18.9 Å². The Kier molecular flexibility index (Phi) is 6.32. The molecule has 19 heavy (non-hydrogen) atoms. The Morgan fingerprint density at radius 3 is 2.63 bits per heavy atom. The van der Waals surface area contributed by atoms with E-state index in [1.165, 1.54) is 25.1 Å². The number of hydrogen-bond donors (Lipinski definition) is 0. The van der Waals surface area contributed by atoms with E-state index in [-0.39, 0.29) is 0 Å². The highest BCUT2D eigenvalue weighted by molar-refractivity contribution is 5.27. The second-order valence-electron chi connectivity index (χ2n) is 5.92. The lowest BCUT2D eigenvalue weighted by molar-refractivity contribution is -0.903. The molecule has 0 radical (unpaired) electrons. The van der Waals surface area contributed by atoms with Gasteiger partial charge in [0.25, 0.3) is 0 Å². The first-order valence-electron chi connectivity index (χ1n) is 7.10. The van der Waals surface area contributed by atoms with E-state index in [9.17, 15) is 0 Å². The van der Waals surface area contributed by atoms with E-state index in [1.54, 1.807) is 7.11 Å². The minimum Gasteiger partial charge on any atom is -0.497 e. The monoisotopic (exact) mass is 265 g/mol. The van der Waals surface area contributed by atoms with Gasteiger partial charge in [-0.1, -0.05) is 19.1 Å². The predicted octanol–water partition coefficient (Wildman–Crippen LogP) is 2.61. The van der Waals surface area contributed by atoms with E-state index < -0.39 is 0 Å². The van der Waals surface area contributed by atoms with Crippen molar-refractivity contribution in [3.8, 4) is 5.75 Å². The number of quaternary nitrogens is 1. The Morgan fingerprint density at radius 1 is 1.26 bits per heavy atom. The van der Waals surface area contributed by atoms with Gasteiger partial charge in [-0.05, 0) is 25.7 Å². The minimum absolute atomic E-state index is 0.947. The van der Waals surface area contributed by atoms with Crippen molar-refractivity contribution in [2.24, 2.45) is 0 Å². The molecule has 0 saturated heterocycles. The zero-order valence-corrected chi connectivity index (χ0v) is 13.1. The largest absolute Gasteiger partial charge is 0.497 e. The molecule has 3 heteroatoms. The Morgan fingerprint density at radius 2 is 2.00 bits per heavy atom. The van der Waals surface area contributed by atoms with Crippen LogP contribution in [0.2, 0.25) is 0 Å². The fraction of sp³-hybridized carbons (Fsp3) is 0.625. The number of benzene rings is 1. The third-order valence-corrected chi connectivity index (χ3v) is 3.59. The van der Waals surface area contributed by atoms with Gasteiger partial charge in [-0.3, -0.25) is 0 Å². The van der Waals surface area contributed by atoms with Gasteiger partial charge in [0.2, 0.25) is 0 Å². The molecule has 1 aromatic carbocycles. The molecule has 0 saturated carbocycles. The molecular weight excluding hydrogens is 236 g/mol. The maximum atomic E-state index is 5.28. The smallest absolute Gasteiger partial charge is 0.119 e. The lowest BCUT2D eigenvalue weighted by atomic mass is 10.2. The van der Waals surface area contributed by atoms with Crippen LogP contribution in [0.5, 0.6) is 5.75 Å². The summed E-state index contributed by atoms with van der Waals surface area (Å²) in [7, 11) is 8.50. The van der Waals surface area contributed by atoms with Gasteiger partial charge in [-0.25, -0.2) is 0 Å². The average molecular weight is 265 g/mol. The molecule has 0 aliphatic carbocycles. The quantitative estimate of drug-likeness (QED) is 0.670. The van der Waals surface area contributed by atoms with Gasteiger partial charge in [-0.15, -0.1) is 0 Å². The summed E-state index contributed by atoms with van der Waals surface area (Å²) in [4.78, 5) is 2.37. The molecule has 0 N–H and O–H groups in total. The number of ether oxygens (including phenoxy) is 1. The van der Waals surface area contributed by atoms with Gasteiger partial charge in [-0.2, -0.15) is 0 Å². The first-order valence-corrected chi connectivity index (χ1v) is 7.10. The summed E-state index contributed by atoms with van der Waals surface area (Å²) >= 11 is 0. The van der Waals surface area contributed by atoms with Crippen molar-refractivity contribution in [3.05, 3.63) is 29.8 Å². The first kappa shape index (κ1) is 16.0. The Hall–Kier alpha value is -1.06. The van der Waals surface area contributed by atoms with Gasteiger partial charge in [0.1, 0.15) is 12.3 Å². The van der Waals surface area contributed by atoms with Crippen molar-refractivity contribution in [2.75, 3.05) is 47.9 Å². The molecule has 1 rings (SSSR count). The van der Waals surface area contributed by atoms with Crippen molar-refractivity contribution in [3.63, 3.8) is 0 Å². The molecule has 3 nitrogen and oxygen atoms in total. The van der Waals surface area contributed by atoms with Gasteiger partial charge in [0.05, 0.1) is 27.7 Å². The lowest BCUT2D eigenvalue weighted by Gasteiger charge is -2.30. The van der Waals surface area contributed by atoms with Gasteiger partial charge >= 0.3 is 0 Å². The Balaban J connectivity index is 2.48. The van der Waals surface area contributed by atoms with Crippen LogP contribution in [0.4, 0.5) is 0 Å². The highest BCUT2D eigenvalue weighted by Crippen LogP contribution is 2.16.